The van der Waals surface area contributed by atoms with Gasteiger partial charge < -0.3 is 10.1 Å². The minimum Gasteiger partial charge on any atom is -0.481 e. The monoisotopic (exact) mass is 365 g/mol. The number of carbonyl (C=O) groups excluding carboxylic acids is 1. The minimum absolute atomic E-state index is 0.00226. The molecule has 1 atom stereocenters. The lowest BCUT2D eigenvalue weighted by atomic mass is 10.0. The molecule has 0 radical (unpaired) electrons. The number of halogens is 3. The SMILES string of the molecule is CC(C)c1ccccc1O[C@@H](C)C(=O)NCc1cccc(C(F)(F)F)c1. The fourth-order valence-corrected chi connectivity index (χ4v) is 2.50. The summed E-state index contributed by atoms with van der Waals surface area (Å²) in [5, 5.41) is 2.62. The Morgan fingerprint density at radius 3 is 2.42 bits per heavy atom. The van der Waals surface area contributed by atoms with E-state index in [9.17, 15) is 18.0 Å². The number of hydrogen-bond acceptors (Lipinski definition) is 2. The van der Waals surface area contributed by atoms with Gasteiger partial charge in [0.2, 0.25) is 0 Å². The van der Waals surface area contributed by atoms with Crippen LogP contribution in [0, 0.1) is 0 Å². The van der Waals surface area contributed by atoms with Gasteiger partial charge in [-0.3, -0.25) is 4.79 Å². The lowest BCUT2D eigenvalue weighted by molar-refractivity contribution is -0.137. The van der Waals surface area contributed by atoms with Crippen molar-refractivity contribution >= 4 is 5.91 Å². The lowest BCUT2D eigenvalue weighted by Gasteiger charge is -2.19. The Bertz CT molecular complexity index is 757. The third-order valence-electron chi connectivity index (χ3n) is 3.94. The van der Waals surface area contributed by atoms with Crippen LogP contribution in [0.5, 0.6) is 5.75 Å². The van der Waals surface area contributed by atoms with Gasteiger partial charge in [0.15, 0.2) is 6.10 Å². The van der Waals surface area contributed by atoms with Gasteiger partial charge in [0.25, 0.3) is 5.91 Å². The molecule has 0 aliphatic carbocycles. The van der Waals surface area contributed by atoms with E-state index in [1.807, 2.05) is 32.0 Å². The minimum atomic E-state index is -4.41. The number of rotatable bonds is 6. The maximum absolute atomic E-state index is 12.7. The molecule has 0 saturated carbocycles. The Kier molecular flexibility index (Phi) is 6.29. The highest BCUT2D eigenvalue weighted by Gasteiger charge is 2.30. The van der Waals surface area contributed by atoms with Gasteiger partial charge >= 0.3 is 6.18 Å². The largest absolute Gasteiger partial charge is 0.481 e. The molecule has 3 nitrogen and oxygen atoms in total. The van der Waals surface area contributed by atoms with Crippen molar-refractivity contribution < 1.29 is 22.7 Å². The van der Waals surface area contributed by atoms with E-state index in [0.717, 1.165) is 17.7 Å². The Labute approximate surface area is 151 Å². The van der Waals surface area contributed by atoms with E-state index >= 15 is 0 Å². The molecule has 0 spiro atoms. The molecular weight excluding hydrogens is 343 g/mol. The molecule has 1 amide bonds. The molecule has 2 rings (SSSR count). The quantitative estimate of drug-likeness (QED) is 0.790. The van der Waals surface area contributed by atoms with Crippen molar-refractivity contribution in [3.8, 4) is 5.75 Å². The summed E-state index contributed by atoms with van der Waals surface area (Å²) in [5.41, 5.74) is 0.632. The molecule has 0 aliphatic heterocycles. The summed E-state index contributed by atoms with van der Waals surface area (Å²) in [4.78, 5) is 12.2. The van der Waals surface area contributed by atoms with Gasteiger partial charge in [-0.25, -0.2) is 0 Å². The normalized spacial score (nSPS) is 12.7. The molecule has 0 bridgehead atoms. The van der Waals surface area contributed by atoms with E-state index in [-0.39, 0.29) is 18.4 Å². The summed E-state index contributed by atoms with van der Waals surface area (Å²) < 4.78 is 43.9. The first-order valence-electron chi connectivity index (χ1n) is 8.38. The zero-order valence-corrected chi connectivity index (χ0v) is 14.9. The molecule has 0 aliphatic rings. The van der Waals surface area contributed by atoms with Gasteiger partial charge in [-0.2, -0.15) is 13.2 Å². The molecule has 0 fully saturated rings. The van der Waals surface area contributed by atoms with Crippen LogP contribution in [0.4, 0.5) is 13.2 Å². The highest BCUT2D eigenvalue weighted by atomic mass is 19.4. The fourth-order valence-electron chi connectivity index (χ4n) is 2.50. The van der Waals surface area contributed by atoms with E-state index in [1.165, 1.54) is 12.1 Å². The molecule has 2 aromatic rings. The predicted octanol–water partition coefficient (Wildman–Crippen LogP) is 4.91. The molecular formula is C20H22F3NO2. The Morgan fingerprint density at radius 2 is 1.77 bits per heavy atom. The Morgan fingerprint density at radius 1 is 1.08 bits per heavy atom. The Balaban J connectivity index is 1.98. The average Bonchev–Trinajstić information content (AvgIpc) is 2.59. The van der Waals surface area contributed by atoms with Crippen LogP contribution in [0.25, 0.3) is 0 Å². The van der Waals surface area contributed by atoms with Crippen LogP contribution >= 0.6 is 0 Å². The van der Waals surface area contributed by atoms with Crippen molar-refractivity contribution in [3.63, 3.8) is 0 Å². The van der Waals surface area contributed by atoms with E-state index in [2.05, 4.69) is 5.32 Å². The van der Waals surface area contributed by atoms with Gasteiger partial charge in [-0.05, 0) is 42.2 Å². The van der Waals surface area contributed by atoms with Crippen molar-refractivity contribution in [2.75, 3.05) is 0 Å². The second kappa shape index (κ2) is 8.25. The van der Waals surface area contributed by atoms with Crippen LogP contribution in [0.15, 0.2) is 48.5 Å². The van der Waals surface area contributed by atoms with Crippen molar-refractivity contribution in [3.05, 3.63) is 65.2 Å². The highest BCUT2D eigenvalue weighted by molar-refractivity contribution is 5.80. The van der Waals surface area contributed by atoms with Crippen LogP contribution < -0.4 is 10.1 Å². The summed E-state index contributed by atoms with van der Waals surface area (Å²) in [6.45, 7) is 5.67. The van der Waals surface area contributed by atoms with E-state index < -0.39 is 17.8 Å². The van der Waals surface area contributed by atoms with E-state index in [0.29, 0.717) is 11.3 Å². The number of carbonyl (C=O) groups is 1. The molecule has 0 saturated heterocycles. The third-order valence-corrected chi connectivity index (χ3v) is 3.94. The molecule has 2 aromatic carbocycles. The van der Waals surface area contributed by atoms with Gasteiger partial charge in [0.1, 0.15) is 5.75 Å². The van der Waals surface area contributed by atoms with Crippen molar-refractivity contribution in [1.29, 1.82) is 0 Å². The lowest BCUT2D eigenvalue weighted by Crippen LogP contribution is -2.36. The van der Waals surface area contributed by atoms with Crippen molar-refractivity contribution in [1.82, 2.24) is 5.32 Å². The molecule has 0 unspecified atom stereocenters. The number of alkyl halides is 3. The summed E-state index contributed by atoms with van der Waals surface area (Å²) in [6, 6.07) is 12.4. The van der Waals surface area contributed by atoms with Crippen LogP contribution in [0.3, 0.4) is 0 Å². The van der Waals surface area contributed by atoms with E-state index in [1.54, 1.807) is 13.0 Å². The first kappa shape index (κ1) is 19.8. The van der Waals surface area contributed by atoms with Crippen LogP contribution in [0.2, 0.25) is 0 Å². The van der Waals surface area contributed by atoms with Crippen LogP contribution in [0.1, 0.15) is 43.4 Å². The highest BCUT2D eigenvalue weighted by Crippen LogP contribution is 2.29. The number of hydrogen-bond donors (Lipinski definition) is 1. The van der Waals surface area contributed by atoms with Gasteiger partial charge in [-0.15, -0.1) is 0 Å². The zero-order valence-electron chi connectivity index (χ0n) is 14.9. The van der Waals surface area contributed by atoms with Crippen LogP contribution in [-0.2, 0) is 17.5 Å². The van der Waals surface area contributed by atoms with Crippen molar-refractivity contribution in [2.45, 2.75) is 45.5 Å². The van der Waals surface area contributed by atoms with E-state index in [4.69, 9.17) is 4.74 Å². The second-order valence-corrected chi connectivity index (χ2v) is 6.37. The van der Waals surface area contributed by atoms with Crippen molar-refractivity contribution in [2.24, 2.45) is 0 Å². The number of amides is 1. The second-order valence-electron chi connectivity index (χ2n) is 6.37. The third kappa shape index (κ3) is 5.25. The smallest absolute Gasteiger partial charge is 0.416 e. The maximum Gasteiger partial charge on any atom is 0.416 e. The number of para-hydroxylation sites is 1. The molecule has 26 heavy (non-hydrogen) atoms. The van der Waals surface area contributed by atoms with Gasteiger partial charge in [0.05, 0.1) is 5.56 Å². The fraction of sp³-hybridized carbons (Fsp3) is 0.350. The van der Waals surface area contributed by atoms with Gasteiger partial charge in [-0.1, -0.05) is 44.2 Å². The maximum atomic E-state index is 12.7. The number of benzene rings is 2. The summed E-state index contributed by atoms with van der Waals surface area (Å²) in [5.74, 6) is 0.483. The molecule has 6 heteroatoms. The molecule has 1 N–H and O–H groups in total. The van der Waals surface area contributed by atoms with Gasteiger partial charge in [0, 0.05) is 6.54 Å². The summed E-state index contributed by atoms with van der Waals surface area (Å²) in [7, 11) is 0. The summed E-state index contributed by atoms with van der Waals surface area (Å²) in [6.07, 6.45) is -5.17. The topological polar surface area (TPSA) is 38.3 Å². The average molecular weight is 365 g/mol. The molecule has 140 valence electrons. The molecule has 0 aromatic heterocycles. The predicted molar refractivity (Wildman–Crippen MR) is 93.9 cm³/mol. The standard InChI is InChI=1S/C20H22F3NO2/c1-13(2)17-9-4-5-10-18(17)26-14(3)19(25)24-12-15-7-6-8-16(11-15)20(21,22)23/h4-11,13-14H,12H2,1-3H3,(H,24,25)/t14-/m0/s1. The number of ether oxygens (including phenoxy) is 1. The first-order valence-corrected chi connectivity index (χ1v) is 8.38. The van der Waals surface area contributed by atoms with Crippen LogP contribution in [-0.4, -0.2) is 12.0 Å². The Hall–Kier alpha value is -2.50. The number of nitrogens with one attached hydrogen (secondary N) is 1. The summed E-state index contributed by atoms with van der Waals surface area (Å²) >= 11 is 0. The first-order chi connectivity index (χ1) is 12.2. The molecule has 0 heterocycles. The zero-order chi connectivity index (χ0) is 19.3.